The smallest absolute Gasteiger partial charge is 0.338 e. The van der Waals surface area contributed by atoms with Gasteiger partial charge in [-0.15, -0.1) is 0 Å². The molecule has 0 amide bonds. The molecule has 0 saturated heterocycles. The Kier molecular flexibility index (Phi) is 8.31. The summed E-state index contributed by atoms with van der Waals surface area (Å²) in [5, 5.41) is 20.5. The van der Waals surface area contributed by atoms with E-state index in [9.17, 15) is 24.6 Å². The maximum absolute atomic E-state index is 12.9. The van der Waals surface area contributed by atoms with Gasteiger partial charge in [-0.05, 0) is 54.2 Å². The number of benzene rings is 3. The molecule has 0 bridgehead atoms. The van der Waals surface area contributed by atoms with Crippen molar-refractivity contribution < 1.29 is 29.3 Å². The zero-order valence-electron chi connectivity index (χ0n) is 20.5. The van der Waals surface area contributed by atoms with Gasteiger partial charge < -0.3 is 14.9 Å². The summed E-state index contributed by atoms with van der Waals surface area (Å²) < 4.78 is 5.74. The van der Waals surface area contributed by atoms with Crippen molar-refractivity contribution in [2.45, 2.75) is 43.8 Å². The van der Waals surface area contributed by atoms with Crippen molar-refractivity contribution >= 4 is 17.7 Å². The molecule has 3 atom stereocenters. The lowest BCUT2D eigenvalue weighted by Crippen LogP contribution is -2.39. The quantitative estimate of drug-likeness (QED) is 0.292. The second-order valence-electron chi connectivity index (χ2n) is 9.44. The zero-order valence-corrected chi connectivity index (χ0v) is 20.5. The number of ketones is 1. The zero-order chi connectivity index (χ0) is 26.3. The van der Waals surface area contributed by atoms with E-state index in [2.05, 4.69) is 0 Å². The molecule has 1 fully saturated rings. The van der Waals surface area contributed by atoms with Gasteiger partial charge in [0.25, 0.3) is 0 Å². The van der Waals surface area contributed by atoms with Crippen LogP contribution in [0.2, 0.25) is 0 Å². The van der Waals surface area contributed by atoms with Gasteiger partial charge in [-0.3, -0.25) is 9.59 Å². The van der Waals surface area contributed by atoms with Crippen LogP contribution in [0.3, 0.4) is 0 Å². The fraction of sp³-hybridized carbons (Fsp3) is 0.258. The molecule has 0 unspecified atom stereocenters. The van der Waals surface area contributed by atoms with E-state index in [1.54, 1.807) is 12.1 Å². The fourth-order valence-corrected chi connectivity index (χ4v) is 4.83. The highest BCUT2D eigenvalue weighted by Crippen LogP contribution is 2.41. The van der Waals surface area contributed by atoms with Crippen molar-refractivity contribution in [2.24, 2.45) is 5.92 Å². The molecular weight excluding hydrogens is 468 g/mol. The van der Waals surface area contributed by atoms with E-state index in [0.717, 1.165) is 16.7 Å². The second-order valence-corrected chi connectivity index (χ2v) is 9.44. The fourth-order valence-electron chi connectivity index (χ4n) is 4.83. The molecule has 3 aromatic rings. The topological polar surface area (TPSA) is 101 Å². The Morgan fingerprint density at radius 1 is 0.892 bits per heavy atom. The van der Waals surface area contributed by atoms with Crippen LogP contribution in [-0.4, -0.2) is 39.6 Å². The number of ether oxygens (including phenoxy) is 1. The van der Waals surface area contributed by atoms with Crippen LogP contribution >= 0.6 is 0 Å². The predicted molar refractivity (Wildman–Crippen MR) is 140 cm³/mol. The van der Waals surface area contributed by atoms with E-state index in [4.69, 9.17) is 4.74 Å². The first kappa shape index (κ1) is 26.0. The third-order valence-corrected chi connectivity index (χ3v) is 6.82. The lowest BCUT2D eigenvalue weighted by molar-refractivity contribution is -0.143. The summed E-state index contributed by atoms with van der Waals surface area (Å²) in [7, 11) is 0. The van der Waals surface area contributed by atoms with Gasteiger partial charge in [0, 0.05) is 12.3 Å². The Morgan fingerprint density at radius 3 is 2.16 bits per heavy atom. The highest BCUT2D eigenvalue weighted by Gasteiger charge is 2.49. The van der Waals surface area contributed by atoms with Gasteiger partial charge in [0.15, 0.2) is 5.78 Å². The van der Waals surface area contributed by atoms with Crippen LogP contribution in [0, 0.1) is 5.92 Å². The minimum absolute atomic E-state index is 0.144. The molecule has 0 aromatic heterocycles. The molecule has 0 heterocycles. The SMILES string of the molecule is O=C(O)C[C@@]1(O)CC[C@@H](OC(=O)c2ccc(-c3ccccc3)cc2)[C@@H]1C=CC(=O)CCc1ccccc1. The van der Waals surface area contributed by atoms with Gasteiger partial charge in [0.2, 0.25) is 0 Å². The van der Waals surface area contributed by atoms with Crippen LogP contribution in [0.1, 0.15) is 41.6 Å². The van der Waals surface area contributed by atoms with Crippen molar-refractivity contribution in [2.75, 3.05) is 0 Å². The summed E-state index contributed by atoms with van der Waals surface area (Å²) in [6.07, 6.45) is 2.95. The normalized spacial score (nSPS) is 21.1. The van der Waals surface area contributed by atoms with E-state index < -0.39 is 36.0 Å². The maximum Gasteiger partial charge on any atom is 0.338 e. The summed E-state index contributed by atoms with van der Waals surface area (Å²) in [4.78, 5) is 36.9. The molecule has 6 heteroatoms. The summed E-state index contributed by atoms with van der Waals surface area (Å²) in [6, 6.07) is 26.4. The highest BCUT2D eigenvalue weighted by atomic mass is 16.5. The van der Waals surface area contributed by atoms with Crippen LogP contribution in [0.15, 0.2) is 97.1 Å². The lowest BCUT2D eigenvalue weighted by Gasteiger charge is -2.29. The molecule has 4 rings (SSSR count). The monoisotopic (exact) mass is 498 g/mol. The van der Waals surface area contributed by atoms with Gasteiger partial charge in [0.1, 0.15) is 6.10 Å². The number of hydrogen-bond donors (Lipinski definition) is 2. The molecule has 190 valence electrons. The average Bonchev–Trinajstić information content (AvgIpc) is 3.20. The number of rotatable bonds is 10. The number of hydrogen-bond acceptors (Lipinski definition) is 5. The van der Waals surface area contributed by atoms with E-state index in [0.29, 0.717) is 18.4 Å². The van der Waals surface area contributed by atoms with Crippen LogP contribution in [0.4, 0.5) is 0 Å². The van der Waals surface area contributed by atoms with Crippen molar-refractivity contribution in [1.82, 2.24) is 0 Å². The first-order chi connectivity index (χ1) is 17.8. The molecular formula is C31H30O6. The van der Waals surface area contributed by atoms with E-state index >= 15 is 0 Å². The van der Waals surface area contributed by atoms with E-state index in [1.165, 1.54) is 12.2 Å². The predicted octanol–water partition coefficient (Wildman–Crippen LogP) is 5.25. The Hall–Kier alpha value is -4.03. The van der Waals surface area contributed by atoms with Crippen molar-refractivity contribution in [1.29, 1.82) is 0 Å². The Balaban J connectivity index is 1.44. The summed E-state index contributed by atoms with van der Waals surface area (Å²) in [5.41, 5.74) is 1.78. The molecule has 3 aromatic carbocycles. The van der Waals surface area contributed by atoms with Gasteiger partial charge in [-0.25, -0.2) is 4.79 Å². The minimum Gasteiger partial charge on any atom is -0.481 e. The molecule has 0 aliphatic heterocycles. The third-order valence-electron chi connectivity index (χ3n) is 6.82. The van der Waals surface area contributed by atoms with Gasteiger partial charge in [0.05, 0.1) is 17.6 Å². The van der Waals surface area contributed by atoms with E-state index in [1.807, 2.05) is 72.8 Å². The Morgan fingerprint density at radius 2 is 1.51 bits per heavy atom. The Labute approximate surface area is 216 Å². The number of carboxylic acids is 1. The minimum atomic E-state index is -1.61. The molecule has 1 aliphatic carbocycles. The lowest BCUT2D eigenvalue weighted by atomic mass is 9.86. The highest BCUT2D eigenvalue weighted by molar-refractivity contribution is 5.91. The van der Waals surface area contributed by atoms with Crippen LogP contribution in [-0.2, 0) is 20.7 Å². The molecule has 0 radical (unpaired) electrons. The van der Waals surface area contributed by atoms with Crippen molar-refractivity contribution in [3.05, 3.63) is 108 Å². The molecule has 2 N–H and O–H groups in total. The summed E-state index contributed by atoms with van der Waals surface area (Å²) >= 11 is 0. The maximum atomic E-state index is 12.9. The standard InChI is InChI=1S/C31H30O6/c32-26(16-11-22-7-3-1-4-8-22)17-18-27-28(19-20-31(27,36)21-29(33)34)37-30(35)25-14-12-24(13-15-25)23-9-5-2-6-10-23/h1-10,12-15,17-18,27-28,36H,11,16,19-21H2,(H,33,34)/t27-,28+,31-/m0/s1. The third kappa shape index (κ3) is 6.80. The number of carboxylic acid groups (broad SMARTS) is 1. The van der Waals surface area contributed by atoms with E-state index in [-0.39, 0.29) is 18.6 Å². The number of allylic oxidation sites excluding steroid dienone is 1. The molecule has 6 nitrogen and oxygen atoms in total. The number of aliphatic hydroxyl groups is 1. The molecule has 1 saturated carbocycles. The van der Waals surface area contributed by atoms with Crippen molar-refractivity contribution in [3.63, 3.8) is 0 Å². The second kappa shape index (κ2) is 11.8. The van der Waals surface area contributed by atoms with Gasteiger partial charge in [-0.2, -0.15) is 0 Å². The molecule has 1 aliphatic rings. The van der Waals surface area contributed by atoms with Crippen LogP contribution in [0.25, 0.3) is 11.1 Å². The first-order valence-electron chi connectivity index (χ1n) is 12.4. The summed E-state index contributed by atoms with van der Waals surface area (Å²) in [5.74, 6) is -2.66. The van der Waals surface area contributed by atoms with Gasteiger partial charge >= 0.3 is 11.9 Å². The number of esters is 1. The van der Waals surface area contributed by atoms with Gasteiger partial charge in [-0.1, -0.05) is 78.9 Å². The Bertz CT molecular complexity index is 1250. The van der Waals surface area contributed by atoms with Crippen LogP contribution < -0.4 is 0 Å². The summed E-state index contributed by atoms with van der Waals surface area (Å²) in [6.45, 7) is 0. The number of aryl methyl sites for hydroxylation is 1. The first-order valence-corrected chi connectivity index (χ1v) is 12.4. The number of carbonyl (C=O) groups is 3. The average molecular weight is 499 g/mol. The number of aliphatic carboxylic acids is 1. The molecule has 37 heavy (non-hydrogen) atoms. The largest absolute Gasteiger partial charge is 0.481 e. The van der Waals surface area contributed by atoms with Crippen molar-refractivity contribution in [3.8, 4) is 11.1 Å². The molecule has 0 spiro atoms. The van der Waals surface area contributed by atoms with Crippen LogP contribution in [0.5, 0.6) is 0 Å². The number of carbonyl (C=O) groups excluding carboxylic acids is 2.